The lowest BCUT2D eigenvalue weighted by Gasteiger charge is -2.10. The van der Waals surface area contributed by atoms with Crippen LogP contribution in [-0.4, -0.2) is 18.9 Å². The molecule has 3 rings (SSSR count). The topological polar surface area (TPSA) is 52.6 Å². The second-order valence-electron chi connectivity index (χ2n) is 5.98. The largest absolute Gasteiger partial charge is 0.493 e. The van der Waals surface area contributed by atoms with Gasteiger partial charge in [-0.15, -0.1) is 0 Å². The molecule has 0 N–H and O–H groups in total. The van der Waals surface area contributed by atoms with Crippen molar-refractivity contribution in [2.45, 2.75) is 0 Å². The molecule has 0 fully saturated rings. The van der Waals surface area contributed by atoms with E-state index < -0.39 is 11.8 Å². The van der Waals surface area contributed by atoms with Crippen LogP contribution in [-0.2, 0) is 0 Å². The SMILES string of the molecule is COc1cc(/C=C/C(=O)c2ccc(Br)cc2)ccc1OC(=O)c1ccccc1F. The minimum absolute atomic E-state index is 0.147. The van der Waals surface area contributed by atoms with Gasteiger partial charge in [0.05, 0.1) is 12.7 Å². The van der Waals surface area contributed by atoms with Gasteiger partial charge in [0.2, 0.25) is 0 Å². The summed E-state index contributed by atoms with van der Waals surface area (Å²) in [5.74, 6) is -1.20. The number of ketones is 1. The zero-order chi connectivity index (χ0) is 20.8. The second kappa shape index (κ2) is 9.30. The van der Waals surface area contributed by atoms with E-state index in [1.165, 1.54) is 37.5 Å². The van der Waals surface area contributed by atoms with Crippen LogP contribution in [0.1, 0.15) is 26.3 Å². The third-order valence-corrected chi connectivity index (χ3v) is 4.57. The van der Waals surface area contributed by atoms with Crippen molar-refractivity contribution in [2.75, 3.05) is 7.11 Å². The molecule has 29 heavy (non-hydrogen) atoms. The molecule has 0 unspecified atom stereocenters. The van der Waals surface area contributed by atoms with Crippen molar-refractivity contribution >= 4 is 33.8 Å². The molecule has 0 spiro atoms. The number of hydrogen-bond acceptors (Lipinski definition) is 4. The monoisotopic (exact) mass is 454 g/mol. The van der Waals surface area contributed by atoms with Gasteiger partial charge in [0.1, 0.15) is 5.82 Å². The van der Waals surface area contributed by atoms with Crippen LogP contribution in [0.15, 0.2) is 77.3 Å². The Kier molecular flexibility index (Phi) is 6.57. The smallest absolute Gasteiger partial charge is 0.346 e. The Morgan fingerprint density at radius 3 is 2.38 bits per heavy atom. The third-order valence-electron chi connectivity index (χ3n) is 4.04. The van der Waals surface area contributed by atoms with Gasteiger partial charge in [0.15, 0.2) is 17.3 Å². The molecule has 0 aliphatic heterocycles. The first-order valence-corrected chi connectivity index (χ1v) is 9.40. The normalized spacial score (nSPS) is 10.7. The highest BCUT2D eigenvalue weighted by Crippen LogP contribution is 2.29. The van der Waals surface area contributed by atoms with E-state index in [1.807, 2.05) is 0 Å². The highest BCUT2D eigenvalue weighted by atomic mass is 79.9. The number of methoxy groups -OCH3 is 1. The summed E-state index contributed by atoms with van der Waals surface area (Å²) in [7, 11) is 1.43. The molecule has 0 aliphatic rings. The standard InChI is InChI=1S/C23H16BrFO4/c1-28-22-14-15(6-12-20(26)16-8-10-17(24)11-9-16)7-13-21(22)29-23(27)18-4-2-3-5-19(18)25/h2-14H,1H3/b12-6+. The van der Waals surface area contributed by atoms with E-state index in [4.69, 9.17) is 9.47 Å². The lowest BCUT2D eigenvalue weighted by molar-refractivity contribution is 0.0724. The van der Waals surface area contributed by atoms with E-state index in [9.17, 15) is 14.0 Å². The van der Waals surface area contributed by atoms with Crippen molar-refractivity contribution in [2.24, 2.45) is 0 Å². The first kappa shape index (κ1) is 20.5. The minimum atomic E-state index is -0.824. The second-order valence-corrected chi connectivity index (χ2v) is 6.90. The average molecular weight is 455 g/mol. The number of esters is 1. The lowest BCUT2D eigenvalue weighted by atomic mass is 10.1. The summed E-state index contributed by atoms with van der Waals surface area (Å²) in [6.07, 6.45) is 3.08. The molecule has 0 saturated heterocycles. The number of hydrogen-bond donors (Lipinski definition) is 0. The number of rotatable bonds is 6. The molecule has 0 atom stereocenters. The predicted molar refractivity (Wildman–Crippen MR) is 112 cm³/mol. The summed E-state index contributed by atoms with van der Waals surface area (Å²) in [5.41, 5.74) is 1.07. The first-order chi connectivity index (χ1) is 14.0. The molecule has 0 bridgehead atoms. The van der Waals surface area contributed by atoms with Crippen LogP contribution < -0.4 is 9.47 Å². The fourth-order valence-electron chi connectivity index (χ4n) is 2.54. The van der Waals surface area contributed by atoms with E-state index in [-0.39, 0.29) is 22.8 Å². The Morgan fingerprint density at radius 2 is 1.69 bits per heavy atom. The Balaban J connectivity index is 1.76. The van der Waals surface area contributed by atoms with Gasteiger partial charge >= 0.3 is 5.97 Å². The highest BCUT2D eigenvalue weighted by molar-refractivity contribution is 9.10. The fourth-order valence-corrected chi connectivity index (χ4v) is 2.80. The molecule has 3 aromatic carbocycles. The number of halogens is 2. The van der Waals surface area contributed by atoms with Gasteiger partial charge in [-0.3, -0.25) is 4.79 Å². The van der Waals surface area contributed by atoms with Gasteiger partial charge in [-0.2, -0.15) is 0 Å². The summed E-state index contributed by atoms with van der Waals surface area (Å²) in [6.45, 7) is 0. The van der Waals surface area contributed by atoms with Crippen LogP contribution in [0, 0.1) is 5.82 Å². The molecule has 0 saturated carbocycles. The number of benzene rings is 3. The van der Waals surface area contributed by atoms with Gasteiger partial charge < -0.3 is 9.47 Å². The fraction of sp³-hybridized carbons (Fsp3) is 0.0435. The van der Waals surface area contributed by atoms with E-state index in [0.717, 1.165) is 4.47 Å². The lowest BCUT2D eigenvalue weighted by Crippen LogP contribution is -2.11. The average Bonchev–Trinajstić information content (AvgIpc) is 2.73. The van der Waals surface area contributed by atoms with E-state index >= 15 is 0 Å². The van der Waals surface area contributed by atoms with Crippen molar-refractivity contribution in [3.05, 3.63) is 99.8 Å². The molecule has 146 valence electrons. The van der Waals surface area contributed by atoms with Crippen molar-refractivity contribution in [3.8, 4) is 11.5 Å². The van der Waals surface area contributed by atoms with Gasteiger partial charge in [0.25, 0.3) is 0 Å². The number of ether oxygens (including phenoxy) is 2. The van der Waals surface area contributed by atoms with Gasteiger partial charge in [-0.05, 0) is 60.2 Å². The molecular formula is C23H16BrFO4. The maximum absolute atomic E-state index is 13.8. The van der Waals surface area contributed by atoms with Crippen LogP contribution in [0.25, 0.3) is 6.08 Å². The number of carbonyl (C=O) groups excluding carboxylic acids is 2. The Labute approximate surface area is 175 Å². The van der Waals surface area contributed by atoms with Crippen LogP contribution in [0.5, 0.6) is 11.5 Å². The van der Waals surface area contributed by atoms with Crippen LogP contribution in [0.4, 0.5) is 4.39 Å². The summed E-state index contributed by atoms with van der Waals surface area (Å²) >= 11 is 3.33. The van der Waals surface area contributed by atoms with E-state index in [1.54, 1.807) is 48.5 Å². The predicted octanol–water partition coefficient (Wildman–Crippen LogP) is 5.71. The maximum atomic E-state index is 13.8. The van der Waals surface area contributed by atoms with Crippen molar-refractivity contribution in [1.82, 2.24) is 0 Å². The summed E-state index contributed by atoms with van der Waals surface area (Å²) < 4.78 is 25.2. The van der Waals surface area contributed by atoms with Crippen molar-refractivity contribution in [3.63, 3.8) is 0 Å². The Morgan fingerprint density at radius 1 is 0.966 bits per heavy atom. The van der Waals surface area contributed by atoms with E-state index in [0.29, 0.717) is 11.1 Å². The summed E-state index contributed by atoms with van der Waals surface area (Å²) in [6, 6.07) is 17.4. The molecular weight excluding hydrogens is 439 g/mol. The minimum Gasteiger partial charge on any atom is -0.493 e. The summed E-state index contributed by atoms with van der Waals surface area (Å²) in [4.78, 5) is 24.5. The number of allylic oxidation sites excluding steroid dienone is 1. The van der Waals surface area contributed by atoms with Crippen LogP contribution in [0.2, 0.25) is 0 Å². The highest BCUT2D eigenvalue weighted by Gasteiger charge is 2.16. The van der Waals surface area contributed by atoms with Crippen LogP contribution in [0.3, 0.4) is 0 Å². The van der Waals surface area contributed by atoms with Crippen LogP contribution >= 0.6 is 15.9 Å². The molecule has 0 radical (unpaired) electrons. The molecule has 6 heteroatoms. The first-order valence-electron chi connectivity index (χ1n) is 8.60. The Bertz CT molecular complexity index is 1070. The zero-order valence-electron chi connectivity index (χ0n) is 15.4. The van der Waals surface area contributed by atoms with Crippen molar-refractivity contribution < 1.29 is 23.5 Å². The maximum Gasteiger partial charge on any atom is 0.346 e. The number of carbonyl (C=O) groups is 2. The Hall–Kier alpha value is -3.25. The molecule has 0 amide bonds. The van der Waals surface area contributed by atoms with Gasteiger partial charge in [-0.1, -0.05) is 40.2 Å². The summed E-state index contributed by atoms with van der Waals surface area (Å²) in [5, 5.41) is 0. The zero-order valence-corrected chi connectivity index (χ0v) is 17.0. The molecule has 0 aromatic heterocycles. The molecule has 0 heterocycles. The third kappa shape index (κ3) is 5.18. The van der Waals surface area contributed by atoms with Gasteiger partial charge in [0, 0.05) is 10.0 Å². The molecule has 3 aromatic rings. The molecule has 4 nitrogen and oxygen atoms in total. The van der Waals surface area contributed by atoms with Gasteiger partial charge in [-0.25, -0.2) is 9.18 Å². The molecule has 0 aliphatic carbocycles. The quantitative estimate of drug-likeness (QED) is 0.207. The van der Waals surface area contributed by atoms with Crippen molar-refractivity contribution in [1.29, 1.82) is 0 Å². The van der Waals surface area contributed by atoms with E-state index in [2.05, 4.69) is 15.9 Å².